The number of thiol groups is 1. The van der Waals surface area contributed by atoms with Crippen molar-refractivity contribution >= 4 is 24.4 Å². The number of amides is 1. The highest BCUT2D eigenvalue weighted by atomic mass is 32.1. The molecule has 2 aromatic carbocycles. The van der Waals surface area contributed by atoms with Crippen LogP contribution in [0.5, 0.6) is 0 Å². The Kier molecular flexibility index (Phi) is 4.63. The molecular formula is C16H17NOS. The third-order valence-electron chi connectivity index (χ3n) is 2.91. The summed E-state index contributed by atoms with van der Waals surface area (Å²) < 4.78 is 1.40. The zero-order valence-electron chi connectivity index (χ0n) is 10.9. The second-order valence-corrected chi connectivity index (χ2v) is 4.80. The van der Waals surface area contributed by atoms with Crippen LogP contribution in [0.2, 0.25) is 0 Å². The largest absolute Gasteiger partial charge is 0.268 e. The lowest BCUT2D eigenvalue weighted by Gasteiger charge is -2.16. The molecule has 0 aliphatic rings. The van der Waals surface area contributed by atoms with Crippen molar-refractivity contribution in [2.24, 2.45) is 0 Å². The maximum Gasteiger partial charge on any atom is 0.268 e. The van der Waals surface area contributed by atoms with E-state index in [4.69, 9.17) is 0 Å². The number of hydrogen-bond donors (Lipinski definition) is 1. The lowest BCUT2D eigenvalue weighted by Crippen LogP contribution is -2.20. The van der Waals surface area contributed by atoms with Crippen molar-refractivity contribution in [2.45, 2.75) is 19.8 Å². The topological polar surface area (TPSA) is 20.3 Å². The van der Waals surface area contributed by atoms with Crippen LogP contribution in [-0.4, -0.2) is 5.91 Å². The maximum absolute atomic E-state index is 12.3. The predicted molar refractivity (Wildman–Crippen MR) is 82.7 cm³/mol. The van der Waals surface area contributed by atoms with Gasteiger partial charge in [-0.05, 0) is 36.2 Å². The summed E-state index contributed by atoms with van der Waals surface area (Å²) >= 11 is 4.33. The van der Waals surface area contributed by atoms with Gasteiger partial charge in [0.05, 0.1) is 5.69 Å². The Morgan fingerprint density at radius 3 is 2.53 bits per heavy atom. The minimum atomic E-state index is -0.113. The first-order valence-corrected chi connectivity index (χ1v) is 6.79. The standard InChI is InChI=1S/C16H17NOS/c1-2-7-13-8-6-11-15(12-13)17(19)16(18)14-9-4-3-5-10-14/h3-6,8-12,19H,2,7H2,1H3. The number of benzene rings is 2. The fourth-order valence-corrected chi connectivity index (χ4v) is 2.19. The van der Waals surface area contributed by atoms with Gasteiger partial charge in [-0.25, -0.2) is 0 Å². The second-order valence-electron chi connectivity index (χ2n) is 4.40. The first-order valence-electron chi connectivity index (χ1n) is 6.39. The fourth-order valence-electron chi connectivity index (χ4n) is 1.95. The summed E-state index contributed by atoms with van der Waals surface area (Å²) in [6.45, 7) is 2.14. The van der Waals surface area contributed by atoms with Gasteiger partial charge in [0, 0.05) is 5.56 Å². The van der Waals surface area contributed by atoms with Crippen LogP contribution in [0.25, 0.3) is 0 Å². The molecule has 0 aliphatic carbocycles. The van der Waals surface area contributed by atoms with Crippen LogP contribution in [0, 0.1) is 0 Å². The summed E-state index contributed by atoms with van der Waals surface area (Å²) in [6.07, 6.45) is 2.09. The third kappa shape index (κ3) is 3.38. The van der Waals surface area contributed by atoms with Crippen molar-refractivity contribution in [3.05, 3.63) is 65.7 Å². The van der Waals surface area contributed by atoms with E-state index < -0.39 is 0 Å². The average Bonchev–Trinajstić information content (AvgIpc) is 2.47. The first kappa shape index (κ1) is 13.7. The molecule has 2 nitrogen and oxygen atoms in total. The van der Waals surface area contributed by atoms with E-state index in [1.165, 1.54) is 9.87 Å². The van der Waals surface area contributed by atoms with E-state index in [2.05, 4.69) is 25.8 Å². The molecule has 19 heavy (non-hydrogen) atoms. The molecule has 1 amide bonds. The van der Waals surface area contributed by atoms with E-state index in [9.17, 15) is 4.79 Å². The summed E-state index contributed by atoms with van der Waals surface area (Å²) in [5, 5.41) is 0. The molecule has 98 valence electrons. The van der Waals surface area contributed by atoms with Crippen LogP contribution in [0.1, 0.15) is 29.3 Å². The number of rotatable bonds is 4. The lowest BCUT2D eigenvalue weighted by atomic mass is 10.1. The first-order chi connectivity index (χ1) is 9.22. The predicted octanol–water partition coefficient (Wildman–Crippen LogP) is 4.13. The van der Waals surface area contributed by atoms with Gasteiger partial charge in [0.2, 0.25) is 0 Å². The van der Waals surface area contributed by atoms with E-state index in [1.807, 2.05) is 36.4 Å². The number of carbonyl (C=O) groups excluding carboxylic acids is 1. The number of nitrogens with zero attached hydrogens (tertiary/aromatic N) is 1. The summed E-state index contributed by atoms with van der Waals surface area (Å²) in [5.74, 6) is -0.113. The van der Waals surface area contributed by atoms with Crippen LogP contribution in [0.15, 0.2) is 54.6 Å². The molecule has 0 radical (unpaired) electrons. The van der Waals surface area contributed by atoms with Crippen molar-refractivity contribution in [2.75, 3.05) is 4.31 Å². The Morgan fingerprint density at radius 1 is 1.11 bits per heavy atom. The van der Waals surface area contributed by atoms with Gasteiger partial charge in [-0.15, -0.1) is 0 Å². The van der Waals surface area contributed by atoms with Gasteiger partial charge in [-0.3, -0.25) is 9.10 Å². The SMILES string of the molecule is CCCc1cccc(N(S)C(=O)c2ccccc2)c1. The lowest BCUT2D eigenvalue weighted by molar-refractivity contribution is 0.101. The third-order valence-corrected chi connectivity index (χ3v) is 3.32. The van der Waals surface area contributed by atoms with Gasteiger partial charge in [-0.2, -0.15) is 0 Å². The Morgan fingerprint density at radius 2 is 1.84 bits per heavy atom. The minimum Gasteiger partial charge on any atom is -0.268 e. The molecule has 0 saturated heterocycles. The van der Waals surface area contributed by atoms with E-state index in [-0.39, 0.29) is 5.91 Å². The highest BCUT2D eigenvalue weighted by Gasteiger charge is 2.14. The zero-order valence-corrected chi connectivity index (χ0v) is 11.8. The molecule has 0 saturated carbocycles. The molecule has 0 bridgehead atoms. The summed E-state index contributed by atoms with van der Waals surface area (Å²) in [5.41, 5.74) is 2.67. The highest BCUT2D eigenvalue weighted by molar-refractivity contribution is 7.82. The Labute approximate surface area is 119 Å². The second kappa shape index (κ2) is 6.43. The quantitative estimate of drug-likeness (QED) is 0.829. The van der Waals surface area contributed by atoms with Gasteiger partial charge < -0.3 is 0 Å². The average molecular weight is 271 g/mol. The normalized spacial score (nSPS) is 10.2. The van der Waals surface area contributed by atoms with Gasteiger partial charge in [0.15, 0.2) is 0 Å². The van der Waals surface area contributed by atoms with E-state index in [1.54, 1.807) is 12.1 Å². The molecule has 0 N–H and O–H groups in total. The Balaban J connectivity index is 2.22. The Bertz CT molecular complexity index is 554. The molecule has 0 heterocycles. The number of hydrogen-bond acceptors (Lipinski definition) is 2. The minimum absolute atomic E-state index is 0.113. The molecule has 3 heteroatoms. The van der Waals surface area contributed by atoms with E-state index >= 15 is 0 Å². The maximum atomic E-state index is 12.3. The Hall–Kier alpha value is -1.74. The van der Waals surface area contributed by atoms with Gasteiger partial charge in [0.25, 0.3) is 5.91 Å². The van der Waals surface area contributed by atoms with Crippen LogP contribution < -0.4 is 4.31 Å². The number of anilines is 1. The smallest absolute Gasteiger partial charge is 0.268 e. The molecule has 0 unspecified atom stereocenters. The van der Waals surface area contributed by atoms with Crippen LogP contribution in [-0.2, 0) is 6.42 Å². The summed E-state index contributed by atoms with van der Waals surface area (Å²) in [4.78, 5) is 12.3. The molecule has 2 rings (SSSR count). The van der Waals surface area contributed by atoms with Crippen molar-refractivity contribution in [1.82, 2.24) is 0 Å². The zero-order chi connectivity index (χ0) is 13.7. The molecule has 2 aromatic rings. The van der Waals surface area contributed by atoms with Crippen LogP contribution in [0.4, 0.5) is 5.69 Å². The van der Waals surface area contributed by atoms with Gasteiger partial charge >= 0.3 is 0 Å². The van der Waals surface area contributed by atoms with Crippen molar-refractivity contribution in [3.63, 3.8) is 0 Å². The van der Waals surface area contributed by atoms with E-state index in [0.29, 0.717) is 5.56 Å². The molecule has 0 aromatic heterocycles. The van der Waals surface area contributed by atoms with Crippen LogP contribution >= 0.6 is 12.8 Å². The van der Waals surface area contributed by atoms with Gasteiger partial charge in [0.1, 0.15) is 0 Å². The molecule has 0 spiro atoms. The summed E-state index contributed by atoms with van der Waals surface area (Å²) in [7, 11) is 0. The van der Waals surface area contributed by atoms with E-state index in [0.717, 1.165) is 18.5 Å². The monoisotopic (exact) mass is 271 g/mol. The van der Waals surface area contributed by atoms with Crippen molar-refractivity contribution < 1.29 is 4.79 Å². The molecule has 0 aliphatic heterocycles. The van der Waals surface area contributed by atoms with Crippen molar-refractivity contribution in [3.8, 4) is 0 Å². The van der Waals surface area contributed by atoms with Crippen molar-refractivity contribution in [1.29, 1.82) is 0 Å². The molecule has 0 fully saturated rings. The summed E-state index contributed by atoms with van der Waals surface area (Å²) in [6, 6.07) is 17.1. The number of carbonyl (C=O) groups is 1. The molecular weight excluding hydrogens is 254 g/mol. The molecule has 0 atom stereocenters. The fraction of sp³-hybridized carbons (Fsp3) is 0.188. The van der Waals surface area contributed by atoms with Gasteiger partial charge in [-0.1, -0.05) is 56.5 Å². The number of aryl methyl sites for hydroxylation is 1. The van der Waals surface area contributed by atoms with Crippen LogP contribution in [0.3, 0.4) is 0 Å². The highest BCUT2D eigenvalue weighted by Crippen LogP contribution is 2.21.